The third-order valence-corrected chi connectivity index (χ3v) is 2.08. The summed E-state index contributed by atoms with van der Waals surface area (Å²) in [5.41, 5.74) is 9.14. The smallest absolute Gasteiger partial charge is 0.123 e. The lowest BCUT2D eigenvalue weighted by atomic mass is 10.0. The van der Waals surface area contributed by atoms with Gasteiger partial charge in [0.25, 0.3) is 0 Å². The number of azide groups is 1. The average molecular weight is 209 g/mol. The van der Waals surface area contributed by atoms with Gasteiger partial charge in [-0.3, -0.25) is 0 Å². The minimum absolute atomic E-state index is 0.0542. The summed E-state index contributed by atoms with van der Waals surface area (Å²) < 4.78 is 12.6. The largest absolute Gasteiger partial charge is 0.396 e. The highest BCUT2D eigenvalue weighted by atomic mass is 19.1. The first kappa shape index (κ1) is 11.5. The molecule has 0 saturated heterocycles. The van der Waals surface area contributed by atoms with Crippen LogP contribution < -0.4 is 0 Å². The molecule has 0 fully saturated rings. The molecule has 0 spiro atoms. The van der Waals surface area contributed by atoms with Gasteiger partial charge < -0.3 is 5.11 Å². The molecular weight excluding hydrogens is 197 g/mol. The van der Waals surface area contributed by atoms with Crippen LogP contribution in [0.4, 0.5) is 4.39 Å². The van der Waals surface area contributed by atoms with Crippen LogP contribution in [0.1, 0.15) is 24.4 Å². The van der Waals surface area contributed by atoms with Crippen molar-refractivity contribution >= 4 is 0 Å². The van der Waals surface area contributed by atoms with E-state index in [1.54, 1.807) is 12.1 Å². The highest BCUT2D eigenvalue weighted by Crippen LogP contribution is 2.22. The van der Waals surface area contributed by atoms with Crippen LogP contribution in [0.15, 0.2) is 29.4 Å². The second-order valence-corrected chi connectivity index (χ2v) is 3.14. The monoisotopic (exact) mass is 209 g/mol. The molecular formula is C10H12FN3O. The Balaban J connectivity index is 2.78. The summed E-state index contributed by atoms with van der Waals surface area (Å²) in [6.45, 7) is 0.0542. The van der Waals surface area contributed by atoms with Crippen LogP contribution in [-0.2, 0) is 0 Å². The minimum Gasteiger partial charge on any atom is -0.396 e. The lowest BCUT2D eigenvalue weighted by molar-refractivity contribution is 0.280. The number of hydrogen-bond acceptors (Lipinski definition) is 2. The van der Waals surface area contributed by atoms with Crippen LogP contribution in [0, 0.1) is 5.82 Å². The Morgan fingerprint density at radius 1 is 1.40 bits per heavy atom. The fourth-order valence-corrected chi connectivity index (χ4v) is 1.32. The van der Waals surface area contributed by atoms with Crippen LogP contribution in [0.3, 0.4) is 0 Å². The molecule has 4 nitrogen and oxygen atoms in total. The molecule has 0 heterocycles. The highest BCUT2D eigenvalue weighted by molar-refractivity contribution is 5.19. The molecule has 1 aromatic carbocycles. The van der Waals surface area contributed by atoms with Gasteiger partial charge in [0.15, 0.2) is 0 Å². The third-order valence-electron chi connectivity index (χ3n) is 2.08. The maximum absolute atomic E-state index is 12.6. The van der Waals surface area contributed by atoms with Crippen LogP contribution in [-0.4, -0.2) is 11.7 Å². The van der Waals surface area contributed by atoms with Crippen molar-refractivity contribution in [2.24, 2.45) is 5.11 Å². The first-order valence-electron chi connectivity index (χ1n) is 4.68. The Morgan fingerprint density at radius 3 is 2.60 bits per heavy atom. The van der Waals surface area contributed by atoms with Crippen LogP contribution in [0.25, 0.3) is 10.4 Å². The van der Waals surface area contributed by atoms with Gasteiger partial charge in [0.2, 0.25) is 0 Å². The molecule has 1 N–H and O–H groups in total. The average Bonchev–Trinajstić information content (AvgIpc) is 2.25. The van der Waals surface area contributed by atoms with Gasteiger partial charge in [-0.2, -0.15) is 0 Å². The van der Waals surface area contributed by atoms with Crippen molar-refractivity contribution in [3.05, 3.63) is 46.1 Å². The predicted molar refractivity (Wildman–Crippen MR) is 54.6 cm³/mol. The number of aliphatic hydroxyl groups is 1. The Bertz CT molecular complexity index is 346. The summed E-state index contributed by atoms with van der Waals surface area (Å²) in [6.07, 6.45) is 1.12. The molecule has 0 amide bonds. The number of rotatable bonds is 5. The summed E-state index contributed by atoms with van der Waals surface area (Å²) in [4.78, 5) is 2.74. The van der Waals surface area contributed by atoms with Crippen molar-refractivity contribution < 1.29 is 9.50 Å². The van der Waals surface area contributed by atoms with Crippen molar-refractivity contribution in [1.82, 2.24) is 0 Å². The first-order valence-corrected chi connectivity index (χ1v) is 4.68. The fourth-order valence-electron chi connectivity index (χ4n) is 1.32. The molecule has 0 bridgehead atoms. The summed E-state index contributed by atoms with van der Waals surface area (Å²) in [5, 5.41) is 12.3. The fraction of sp³-hybridized carbons (Fsp3) is 0.400. The predicted octanol–water partition coefficient (Wildman–Crippen LogP) is 2.95. The molecule has 1 aromatic rings. The van der Waals surface area contributed by atoms with E-state index in [4.69, 9.17) is 10.6 Å². The van der Waals surface area contributed by atoms with Crippen molar-refractivity contribution in [2.75, 3.05) is 6.61 Å². The molecule has 0 radical (unpaired) electrons. The number of benzene rings is 1. The standard InChI is InChI=1S/C10H12FN3O/c11-9-5-3-8(4-6-9)10(13-14-12)2-1-7-15/h3-6,10,15H,1-2,7H2. The Kier molecular flexibility index (Phi) is 4.60. The molecule has 1 atom stereocenters. The third kappa shape index (κ3) is 3.58. The summed E-state index contributed by atoms with van der Waals surface area (Å²) in [5.74, 6) is -0.319. The lowest BCUT2D eigenvalue weighted by Crippen LogP contribution is -1.96. The van der Waals surface area contributed by atoms with Gasteiger partial charge in [-0.1, -0.05) is 17.2 Å². The van der Waals surface area contributed by atoms with Crippen molar-refractivity contribution in [1.29, 1.82) is 0 Å². The molecule has 5 heteroatoms. The quantitative estimate of drug-likeness (QED) is 0.452. The molecule has 0 saturated carbocycles. The first-order chi connectivity index (χ1) is 7.27. The SMILES string of the molecule is [N-]=[N+]=NC(CCCO)c1ccc(F)cc1. The number of hydrogen-bond donors (Lipinski definition) is 1. The summed E-state index contributed by atoms with van der Waals surface area (Å²) in [6, 6.07) is 5.50. The zero-order valence-corrected chi connectivity index (χ0v) is 8.17. The topological polar surface area (TPSA) is 69.0 Å². The molecule has 15 heavy (non-hydrogen) atoms. The maximum Gasteiger partial charge on any atom is 0.123 e. The van der Waals surface area contributed by atoms with E-state index in [-0.39, 0.29) is 18.5 Å². The van der Waals surface area contributed by atoms with E-state index in [0.29, 0.717) is 12.8 Å². The maximum atomic E-state index is 12.6. The van der Waals surface area contributed by atoms with Gasteiger partial charge in [0.1, 0.15) is 5.82 Å². The molecule has 80 valence electrons. The normalized spacial score (nSPS) is 11.9. The van der Waals surface area contributed by atoms with Gasteiger partial charge in [0, 0.05) is 11.5 Å². The molecule has 0 aliphatic carbocycles. The van der Waals surface area contributed by atoms with Gasteiger partial charge in [-0.25, -0.2) is 4.39 Å². The second kappa shape index (κ2) is 6.01. The minimum atomic E-state index is -0.331. The van der Waals surface area contributed by atoms with Crippen molar-refractivity contribution in [2.45, 2.75) is 18.9 Å². The summed E-state index contributed by atoms with van der Waals surface area (Å²) in [7, 11) is 0. The van der Waals surface area contributed by atoms with E-state index in [9.17, 15) is 4.39 Å². The molecule has 0 aliphatic heterocycles. The zero-order valence-electron chi connectivity index (χ0n) is 8.17. The van der Waals surface area contributed by atoms with Gasteiger partial charge in [0.05, 0.1) is 6.04 Å². The van der Waals surface area contributed by atoms with Crippen molar-refractivity contribution in [3.8, 4) is 0 Å². The Labute approximate surface area is 87.0 Å². The zero-order chi connectivity index (χ0) is 11.1. The van der Waals surface area contributed by atoms with Crippen LogP contribution in [0.2, 0.25) is 0 Å². The molecule has 0 aliphatic rings. The van der Waals surface area contributed by atoms with Crippen LogP contribution in [0.5, 0.6) is 0 Å². The van der Waals surface area contributed by atoms with Crippen LogP contribution >= 0.6 is 0 Å². The lowest BCUT2D eigenvalue weighted by Gasteiger charge is -2.10. The summed E-state index contributed by atoms with van der Waals surface area (Å²) >= 11 is 0. The highest BCUT2D eigenvalue weighted by Gasteiger charge is 2.08. The van der Waals surface area contributed by atoms with E-state index < -0.39 is 0 Å². The van der Waals surface area contributed by atoms with E-state index in [1.807, 2.05) is 0 Å². The number of nitrogens with zero attached hydrogens (tertiary/aromatic N) is 3. The second-order valence-electron chi connectivity index (χ2n) is 3.14. The molecule has 1 unspecified atom stereocenters. The Hall–Kier alpha value is -1.58. The van der Waals surface area contributed by atoms with E-state index in [1.165, 1.54) is 12.1 Å². The molecule has 0 aromatic heterocycles. The van der Waals surface area contributed by atoms with Gasteiger partial charge in [-0.15, -0.1) is 0 Å². The Morgan fingerprint density at radius 2 is 2.07 bits per heavy atom. The van der Waals surface area contributed by atoms with Crippen molar-refractivity contribution in [3.63, 3.8) is 0 Å². The van der Waals surface area contributed by atoms with Gasteiger partial charge in [-0.05, 0) is 36.1 Å². The van der Waals surface area contributed by atoms with E-state index in [0.717, 1.165) is 5.56 Å². The van der Waals surface area contributed by atoms with Gasteiger partial charge >= 0.3 is 0 Å². The van der Waals surface area contributed by atoms with E-state index in [2.05, 4.69) is 10.0 Å². The molecule has 1 rings (SSSR count). The number of halogens is 1. The van der Waals surface area contributed by atoms with E-state index >= 15 is 0 Å². The number of aliphatic hydroxyl groups excluding tert-OH is 1.